The zero-order valence-electron chi connectivity index (χ0n) is 20.3. The Bertz CT molecular complexity index is 973. The lowest BCUT2D eigenvalue weighted by Crippen LogP contribution is -2.49. The SMILES string of the molecule is CCCC[C@]1(CC)CS(O)(O)c2cc(CNC(=O)CCCl)c(OC)cc2[C@@H](c2ccccc2)N1. The molecule has 1 heterocycles. The highest BCUT2D eigenvalue weighted by Crippen LogP contribution is 2.58. The lowest BCUT2D eigenvalue weighted by atomic mass is 9.88. The molecule has 0 bridgehead atoms. The number of amides is 1. The van der Waals surface area contributed by atoms with Gasteiger partial charge in [-0.05, 0) is 30.5 Å². The van der Waals surface area contributed by atoms with Crippen molar-refractivity contribution in [2.45, 2.75) is 69.0 Å². The summed E-state index contributed by atoms with van der Waals surface area (Å²) in [6.45, 7) is 4.48. The number of methoxy groups -OCH3 is 1. The van der Waals surface area contributed by atoms with E-state index in [1.807, 2.05) is 24.3 Å². The molecule has 2 atom stereocenters. The van der Waals surface area contributed by atoms with Gasteiger partial charge in [0.25, 0.3) is 0 Å². The van der Waals surface area contributed by atoms with Gasteiger partial charge in [-0.2, -0.15) is 10.6 Å². The van der Waals surface area contributed by atoms with Crippen LogP contribution < -0.4 is 15.4 Å². The van der Waals surface area contributed by atoms with E-state index in [2.05, 4.69) is 36.6 Å². The molecule has 1 aliphatic heterocycles. The van der Waals surface area contributed by atoms with Crippen LogP contribution in [-0.4, -0.2) is 39.3 Å². The van der Waals surface area contributed by atoms with Crippen LogP contribution >= 0.6 is 22.2 Å². The number of hydrogen-bond acceptors (Lipinski definition) is 5. The first-order valence-corrected chi connectivity index (χ1v) is 14.2. The molecule has 0 unspecified atom stereocenters. The average molecular weight is 509 g/mol. The van der Waals surface area contributed by atoms with Gasteiger partial charge in [0.05, 0.1) is 23.8 Å². The van der Waals surface area contributed by atoms with Gasteiger partial charge in [-0.1, -0.05) is 57.0 Å². The zero-order valence-corrected chi connectivity index (χ0v) is 21.8. The second-order valence-corrected chi connectivity index (χ2v) is 11.4. The first-order valence-electron chi connectivity index (χ1n) is 11.9. The maximum atomic E-state index is 12.0. The second-order valence-electron chi connectivity index (χ2n) is 8.95. The number of carbonyl (C=O) groups excluding carboxylic acids is 1. The lowest BCUT2D eigenvalue weighted by molar-refractivity contribution is -0.120. The smallest absolute Gasteiger partial charge is 0.221 e. The summed E-state index contributed by atoms with van der Waals surface area (Å²) in [5, 5.41) is 6.69. The topological polar surface area (TPSA) is 90.8 Å². The molecule has 0 aromatic heterocycles. The predicted octanol–water partition coefficient (Wildman–Crippen LogP) is 6.08. The van der Waals surface area contributed by atoms with Crippen LogP contribution in [-0.2, 0) is 11.3 Å². The zero-order chi connectivity index (χ0) is 24.8. The normalized spacial score (nSPS) is 22.4. The fourth-order valence-electron chi connectivity index (χ4n) is 4.66. The van der Waals surface area contributed by atoms with Crippen molar-refractivity contribution in [1.29, 1.82) is 0 Å². The first kappa shape index (κ1) is 26.8. The van der Waals surface area contributed by atoms with Crippen molar-refractivity contribution in [3.63, 3.8) is 0 Å². The van der Waals surface area contributed by atoms with Gasteiger partial charge in [-0.25, -0.2) is 0 Å². The van der Waals surface area contributed by atoms with E-state index < -0.39 is 16.1 Å². The van der Waals surface area contributed by atoms with E-state index in [0.29, 0.717) is 16.2 Å². The van der Waals surface area contributed by atoms with Gasteiger partial charge in [0.1, 0.15) is 5.75 Å². The summed E-state index contributed by atoms with van der Waals surface area (Å²) in [6.07, 6.45) is 3.88. The van der Waals surface area contributed by atoms with Crippen molar-refractivity contribution >= 4 is 28.1 Å². The number of hydrogen-bond donors (Lipinski definition) is 4. The predicted molar refractivity (Wildman–Crippen MR) is 140 cm³/mol. The van der Waals surface area contributed by atoms with Gasteiger partial charge in [-0.15, -0.1) is 11.6 Å². The van der Waals surface area contributed by atoms with E-state index in [1.54, 1.807) is 13.2 Å². The number of unbranched alkanes of at least 4 members (excludes halogenated alkanes) is 1. The minimum atomic E-state index is -3.12. The Labute approximate surface area is 209 Å². The lowest BCUT2D eigenvalue weighted by Gasteiger charge is -2.42. The highest BCUT2D eigenvalue weighted by molar-refractivity contribution is 8.24. The molecule has 0 saturated heterocycles. The van der Waals surface area contributed by atoms with Crippen molar-refractivity contribution in [2.75, 3.05) is 18.7 Å². The molecule has 0 fully saturated rings. The van der Waals surface area contributed by atoms with E-state index in [4.69, 9.17) is 16.3 Å². The van der Waals surface area contributed by atoms with Gasteiger partial charge in [-0.3, -0.25) is 19.2 Å². The van der Waals surface area contributed by atoms with E-state index >= 15 is 0 Å². The van der Waals surface area contributed by atoms with Crippen LogP contribution in [0.1, 0.15) is 68.7 Å². The minimum Gasteiger partial charge on any atom is -0.496 e. The number of halogens is 1. The molecule has 188 valence electrons. The molecule has 0 radical (unpaired) electrons. The van der Waals surface area contributed by atoms with Gasteiger partial charge >= 0.3 is 0 Å². The maximum Gasteiger partial charge on any atom is 0.221 e. The Balaban J connectivity index is 2.14. The monoisotopic (exact) mass is 508 g/mol. The largest absolute Gasteiger partial charge is 0.496 e. The number of alkyl halides is 1. The third kappa shape index (κ3) is 6.07. The van der Waals surface area contributed by atoms with Crippen molar-refractivity contribution < 1.29 is 18.6 Å². The Kier molecular flexibility index (Phi) is 9.29. The molecule has 0 saturated carbocycles. The molecule has 8 heteroatoms. The number of carbonyl (C=O) groups is 1. The average Bonchev–Trinajstić information content (AvgIpc) is 2.93. The third-order valence-corrected chi connectivity index (χ3v) is 8.82. The summed E-state index contributed by atoms with van der Waals surface area (Å²) in [6, 6.07) is 13.6. The Morgan fingerprint density at radius 1 is 1.26 bits per heavy atom. The van der Waals surface area contributed by atoms with Gasteiger partial charge in [0.2, 0.25) is 5.91 Å². The second kappa shape index (κ2) is 11.8. The Morgan fingerprint density at radius 2 is 2.00 bits per heavy atom. The molecule has 0 aliphatic carbocycles. The molecular weight excluding hydrogens is 472 g/mol. The summed E-state index contributed by atoms with van der Waals surface area (Å²) in [7, 11) is -1.53. The Hall–Kier alpha value is -1.77. The van der Waals surface area contributed by atoms with Gasteiger partial charge < -0.3 is 10.1 Å². The van der Waals surface area contributed by atoms with Crippen molar-refractivity contribution in [3.05, 3.63) is 59.2 Å². The van der Waals surface area contributed by atoms with Crippen LogP contribution in [0.3, 0.4) is 0 Å². The molecule has 34 heavy (non-hydrogen) atoms. The molecular formula is C26H37ClN2O4S. The maximum absolute atomic E-state index is 12.0. The molecule has 4 N–H and O–H groups in total. The number of fused-ring (bicyclic) bond motifs is 1. The molecule has 0 spiro atoms. The fraction of sp³-hybridized carbons (Fsp3) is 0.500. The third-order valence-electron chi connectivity index (χ3n) is 6.62. The molecule has 1 amide bonds. The van der Waals surface area contributed by atoms with Crippen LogP contribution in [0.25, 0.3) is 0 Å². The van der Waals surface area contributed by atoms with E-state index in [1.165, 1.54) is 0 Å². The molecule has 3 rings (SSSR count). The molecule has 1 aliphatic rings. The quantitative estimate of drug-likeness (QED) is 0.292. The number of rotatable bonds is 10. The minimum absolute atomic E-state index is 0.160. The highest BCUT2D eigenvalue weighted by atomic mass is 35.5. The van der Waals surface area contributed by atoms with Crippen LogP contribution in [0.5, 0.6) is 5.75 Å². The number of ether oxygens (including phenoxy) is 1. The van der Waals surface area contributed by atoms with Crippen LogP contribution in [0, 0.1) is 0 Å². The van der Waals surface area contributed by atoms with E-state index in [-0.39, 0.29) is 36.5 Å². The summed E-state index contributed by atoms with van der Waals surface area (Å²) in [5.41, 5.74) is 2.13. The van der Waals surface area contributed by atoms with Crippen molar-refractivity contribution in [2.24, 2.45) is 0 Å². The summed E-state index contributed by atoms with van der Waals surface area (Å²) in [4.78, 5) is 12.5. The van der Waals surface area contributed by atoms with Crippen LogP contribution in [0.4, 0.5) is 0 Å². The highest BCUT2D eigenvalue weighted by Gasteiger charge is 2.42. The fourth-order valence-corrected chi connectivity index (χ4v) is 7.07. The molecule has 6 nitrogen and oxygen atoms in total. The van der Waals surface area contributed by atoms with Gasteiger partial charge in [0, 0.05) is 35.5 Å². The molecule has 2 aromatic rings. The standard InChI is InChI=1S/C26H37ClN2O4S/c1-4-6-13-26(5-2)18-34(31,32)23-15-20(17-28-24(30)12-14-27)22(33-3)16-21(23)25(29-26)19-10-8-7-9-11-19/h7-11,15-16,25,29,31-32H,4-6,12-14,17-18H2,1-3H3,(H,28,30)/t25-,26-/m1/s1. The molecule has 2 aromatic carbocycles. The van der Waals surface area contributed by atoms with Crippen LogP contribution in [0.2, 0.25) is 0 Å². The number of nitrogens with one attached hydrogen (secondary N) is 2. The van der Waals surface area contributed by atoms with E-state index in [9.17, 15) is 13.9 Å². The number of benzene rings is 2. The summed E-state index contributed by atoms with van der Waals surface area (Å²) in [5.74, 6) is 0.930. The van der Waals surface area contributed by atoms with Crippen molar-refractivity contribution in [3.8, 4) is 5.75 Å². The van der Waals surface area contributed by atoms with Crippen LogP contribution in [0.15, 0.2) is 47.4 Å². The van der Waals surface area contributed by atoms with E-state index in [0.717, 1.165) is 36.8 Å². The van der Waals surface area contributed by atoms with Gasteiger partial charge in [0.15, 0.2) is 0 Å². The van der Waals surface area contributed by atoms with Crippen molar-refractivity contribution in [1.82, 2.24) is 10.6 Å². The summed E-state index contributed by atoms with van der Waals surface area (Å²) < 4.78 is 28.8. The Morgan fingerprint density at radius 3 is 2.62 bits per heavy atom. The first-order chi connectivity index (χ1) is 16.3. The summed E-state index contributed by atoms with van der Waals surface area (Å²) >= 11 is 5.68.